The molecule has 31 heavy (non-hydrogen) atoms. The van der Waals surface area contributed by atoms with E-state index in [0.29, 0.717) is 29.1 Å². The minimum absolute atomic E-state index is 0.0461. The van der Waals surface area contributed by atoms with Gasteiger partial charge in [-0.25, -0.2) is 17.9 Å². The molecule has 160 valence electrons. The largest absolute Gasteiger partial charge is 0.351 e. The Morgan fingerprint density at radius 1 is 1.19 bits per heavy atom. The van der Waals surface area contributed by atoms with Crippen molar-refractivity contribution >= 4 is 37.5 Å². The van der Waals surface area contributed by atoms with Crippen LogP contribution in [0.3, 0.4) is 0 Å². The third kappa shape index (κ3) is 4.36. The predicted molar refractivity (Wildman–Crippen MR) is 118 cm³/mol. The Morgan fingerprint density at radius 2 is 1.90 bits per heavy atom. The van der Waals surface area contributed by atoms with E-state index in [4.69, 9.17) is 5.14 Å². The number of benzene rings is 2. The molecule has 0 aliphatic rings. The number of carbonyl (C=O) groups is 1. The second kappa shape index (κ2) is 8.22. The topological polar surface area (TPSA) is 107 Å². The van der Waals surface area contributed by atoms with Crippen molar-refractivity contribution in [1.82, 2.24) is 15.1 Å². The molecule has 2 aromatic carbocycles. The molecule has 7 nitrogen and oxygen atoms in total. The molecule has 0 radical (unpaired) electrons. The predicted octanol–water partition coefficient (Wildman–Crippen LogP) is 3.06. The van der Waals surface area contributed by atoms with Crippen molar-refractivity contribution in [2.75, 3.05) is 6.54 Å². The lowest BCUT2D eigenvalue weighted by Crippen LogP contribution is -2.24. The lowest BCUT2D eigenvalue weighted by Gasteiger charge is -2.05. The van der Waals surface area contributed by atoms with Gasteiger partial charge in [-0.2, -0.15) is 5.10 Å². The van der Waals surface area contributed by atoms with Crippen molar-refractivity contribution in [3.05, 3.63) is 70.9 Å². The van der Waals surface area contributed by atoms with Crippen LogP contribution in [0.4, 0.5) is 4.39 Å². The van der Waals surface area contributed by atoms with Crippen LogP contribution >= 0.6 is 11.3 Å². The summed E-state index contributed by atoms with van der Waals surface area (Å²) in [5.74, 6) is -0.602. The number of nitrogens with two attached hydrogens (primary N) is 1. The molecule has 0 spiro atoms. The first-order valence-electron chi connectivity index (χ1n) is 9.35. The Morgan fingerprint density at radius 3 is 2.58 bits per heavy atom. The number of aryl methyl sites for hydroxylation is 1. The van der Waals surface area contributed by atoms with Gasteiger partial charge in [-0.1, -0.05) is 24.3 Å². The molecule has 0 saturated carbocycles. The molecule has 10 heteroatoms. The van der Waals surface area contributed by atoms with Crippen LogP contribution in [0.2, 0.25) is 0 Å². The van der Waals surface area contributed by atoms with Gasteiger partial charge >= 0.3 is 0 Å². The number of halogens is 1. The van der Waals surface area contributed by atoms with E-state index in [0.717, 1.165) is 15.8 Å². The maximum atomic E-state index is 14.2. The zero-order chi connectivity index (χ0) is 22.2. The van der Waals surface area contributed by atoms with E-state index in [1.54, 1.807) is 48.1 Å². The molecular weight excluding hydrogens is 439 g/mol. The molecule has 0 atom stereocenters. The Labute approximate surface area is 182 Å². The summed E-state index contributed by atoms with van der Waals surface area (Å²) in [6.45, 7) is 0.375. The van der Waals surface area contributed by atoms with Crippen LogP contribution in [0.1, 0.15) is 15.2 Å². The number of rotatable bonds is 6. The number of sulfonamides is 1. The summed E-state index contributed by atoms with van der Waals surface area (Å²) in [4.78, 5) is 13.9. The van der Waals surface area contributed by atoms with Crippen LogP contribution in [-0.4, -0.2) is 30.7 Å². The highest BCUT2D eigenvalue weighted by atomic mass is 32.2. The number of fused-ring (bicyclic) bond motifs is 1. The van der Waals surface area contributed by atoms with Crippen LogP contribution in [0.25, 0.3) is 21.5 Å². The van der Waals surface area contributed by atoms with E-state index in [-0.39, 0.29) is 16.6 Å². The van der Waals surface area contributed by atoms with Crippen molar-refractivity contribution < 1.29 is 17.6 Å². The highest BCUT2D eigenvalue weighted by Gasteiger charge is 2.19. The summed E-state index contributed by atoms with van der Waals surface area (Å²) in [6, 6.07) is 14.3. The number of amides is 1. The lowest BCUT2D eigenvalue weighted by atomic mass is 10.1. The molecular formula is C21H19FN4O3S2. The van der Waals surface area contributed by atoms with Gasteiger partial charge < -0.3 is 5.32 Å². The summed E-state index contributed by atoms with van der Waals surface area (Å²) in [6.07, 6.45) is 0.531. The van der Waals surface area contributed by atoms with Crippen molar-refractivity contribution in [3.63, 3.8) is 0 Å². The molecule has 4 aromatic rings. The van der Waals surface area contributed by atoms with E-state index in [1.165, 1.54) is 29.5 Å². The summed E-state index contributed by atoms with van der Waals surface area (Å²) in [5.41, 5.74) is 1.76. The molecule has 0 saturated heterocycles. The molecule has 2 heterocycles. The number of hydrogen-bond acceptors (Lipinski definition) is 5. The maximum Gasteiger partial charge on any atom is 0.261 e. The van der Waals surface area contributed by atoms with Crippen LogP contribution in [-0.2, 0) is 23.5 Å². The van der Waals surface area contributed by atoms with Gasteiger partial charge in [0.05, 0.1) is 9.77 Å². The van der Waals surface area contributed by atoms with Gasteiger partial charge in [0, 0.05) is 24.5 Å². The quantitative estimate of drug-likeness (QED) is 0.463. The van der Waals surface area contributed by atoms with E-state index in [2.05, 4.69) is 10.4 Å². The first kappa shape index (κ1) is 21.2. The lowest BCUT2D eigenvalue weighted by molar-refractivity contribution is 0.0958. The van der Waals surface area contributed by atoms with Gasteiger partial charge in [-0.3, -0.25) is 9.48 Å². The average Bonchev–Trinajstić information content (AvgIpc) is 3.29. The Hall–Kier alpha value is -3.08. The summed E-state index contributed by atoms with van der Waals surface area (Å²) >= 11 is 1.29. The molecule has 0 bridgehead atoms. The van der Waals surface area contributed by atoms with Gasteiger partial charge in [-0.15, -0.1) is 11.3 Å². The smallest absolute Gasteiger partial charge is 0.261 e. The van der Waals surface area contributed by atoms with Crippen LogP contribution in [0.15, 0.2) is 59.5 Å². The van der Waals surface area contributed by atoms with Crippen LogP contribution < -0.4 is 10.5 Å². The molecule has 4 rings (SSSR count). The molecule has 2 aromatic heterocycles. The van der Waals surface area contributed by atoms with Gasteiger partial charge in [0.25, 0.3) is 5.91 Å². The molecule has 0 aliphatic carbocycles. The normalized spacial score (nSPS) is 11.7. The zero-order valence-electron chi connectivity index (χ0n) is 16.5. The fourth-order valence-electron chi connectivity index (χ4n) is 3.26. The van der Waals surface area contributed by atoms with Gasteiger partial charge in [0.1, 0.15) is 16.3 Å². The second-order valence-corrected chi connectivity index (χ2v) is 9.57. The minimum Gasteiger partial charge on any atom is -0.351 e. The first-order valence-corrected chi connectivity index (χ1v) is 11.7. The molecule has 3 N–H and O–H groups in total. The van der Waals surface area contributed by atoms with E-state index < -0.39 is 10.0 Å². The minimum atomic E-state index is -3.73. The van der Waals surface area contributed by atoms with Gasteiger partial charge in [0.2, 0.25) is 10.0 Å². The standard InChI is InChI=1S/C21H19FN4O3S2/c1-26-21-16(19(25-26)15-4-2-3-5-17(15)22)12-18(30-21)20(27)24-11-10-13-6-8-14(9-7-13)31(23,28)29/h2-9,12H,10-11H2,1H3,(H,24,27)(H2,23,28,29). The monoisotopic (exact) mass is 458 g/mol. The number of aromatic nitrogens is 2. The number of thiophene rings is 1. The third-order valence-electron chi connectivity index (χ3n) is 4.82. The molecule has 0 aliphatic heterocycles. The van der Waals surface area contributed by atoms with Crippen molar-refractivity contribution in [2.24, 2.45) is 12.2 Å². The number of hydrogen-bond donors (Lipinski definition) is 2. The number of nitrogens with one attached hydrogen (secondary N) is 1. The van der Waals surface area contributed by atoms with Crippen molar-refractivity contribution in [3.8, 4) is 11.3 Å². The SMILES string of the molecule is Cn1nc(-c2ccccc2F)c2cc(C(=O)NCCc3ccc(S(N)(=O)=O)cc3)sc21. The van der Waals surface area contributed by atoms with E-state index >= 15 is 0 Å². The second-order valence-electron chi connectivity index (χ2n) is 6.98. The fraction of sp³-hybridized carbons (Fsp3) is 0.143. The van der Waals surface area contributed by atoms with E-state index in [9.17, 15) is 17.6 Å². The summed E-state index contributed by atoms with van der Waals surface area (Å²) < 4.78 is 38.5. The van der Waals surface area contributed by atoms with Crippen LogP contribution in [0, 0.1) is 5.82 Å². The number of carbonyl (C=O) groups excluding carboxylic acids is 1. The average molecular weight is 459 g/mol. The van der Waals surface area contributed by atoms with Gasteiger partial charge in [-0.05, 0) is 42.3 Å². The number of primary sulfonamides is 1. The zero-order valence-corrected chi connectivity index (χ0v) is 18.1. The third-order valence-corrected chi connectivity index (χ3v) is 6.95. The summed E-state index contributed by atoms with van der Waals surface area (Å²) in [7, 11) is -1.97. The first-order chi connectivity index (χ1) is 14.7. The summed E-state index contributed by atoms with van der Waals surface area (Å²) in [5, 5.41) is 13.1. The highest BCUT2D eigenvalue weighted by Crippen LogP contribution is 2.34. The van der Waals surface area contributed by atoms with E-state index in [1.807, 2.05) is 0 Å². The van der Waals surface area contributed by atoms with Gasteiger partial charge in [0.15, 0.2) is 0 Å². The van der Waals surface area contributed by atoms with Crippen molar-refractivity contribution in [2.45, 2.75) is 11.3 Å². The molecule has 1 amide bonds. The van der Waals surface area contributed by atoms with Crippen molar-refractivity contribution in [1.29, 1.82) is 0 Å². The van der Waals surface area contributed by atoms with Crippen LogP contribution in [0.5, 0.6) is 0 Å². The Bertz CT molecular complexity index is 1380. The fourth-order valence-corrected chi connectivity index (χ4v) is 4.76. The maximum absolute atomic E-state index is 14.2. The molecule has 0 unspecified atom stereocenters. The number of nitrogens with zero attached hydrogens (tertiary/aromatic N) is 2. The highest BCUT2D eigenvalue weighted by molar-refractivity contribution is 7.89. The Kier molecular flexibility index (Phi) is 5.61. The molecule has 0 fully saturated rings. The Balaban J connectivity index is 1.47.